The van der Waals surface area contributed by atoms with E-state index in [1.165, 1.54) is 0 Å². The Labute approximate surface area is 123 Å². The number of hydrogen-bond acceptors (Lipinski definition) is 2. The first-order chi connectivity index (χ1) is 8.48. The summed E-state index contributed by atoms with van der Waals surface area (Å²) in [4.78, 5) is 0. The Bertz CT molecular complexity index is 456. The molecule has 0 amide bonds. The van der Waals surface area contributed by atoms with Crippen molar-refractivity contribution in [3.05, 3.63) is 34.3 Å². The second-order valence-electron chi connectivity index (χ2n) is 4.34. The molecule has 1 rings (SSSR count). The van der Waals surface area contributed by atoms with Gasteiger partial charge in [0.25, 0.3) is 0 Å². The van der Waals surface area contributed by atoms with Gasteiger partial charge in [0.2, 0.25) is 0 Å². The summed E-state index contributed by atoms with van der Waals surface area (Å²) in [5.74, 6) is 1.03. The molecule has 102 valence electrons. The van der Waals surface area contributed by atoms with E-state index in [0.717, 1.165) is 10.0 Å². The van der Waals surface area contributed by atoms with Crippen molar-refractivity contribution in [1.29, 1.82) is 0 Å². The van der Waals surface area contributed by atoms with Crippen LogP contribution < -0.4 is 0 Å². The molecule has 0 radical (unpaired) electrons. The molecule has 1 unspecified atom stereocenters. The van der Waals surface area contributed by atoms with E-state index in [2.05, 4.69) is 15.9 Å². The molecule has 0 N–H and O–H groups in total. The van der Waals surface area contributed by atoms with E-state index in [1.807, 2.05) is 31.2 Å². The Kier molecular flexibility index (Phi) is 6.67. The molecule has 0 aliphatic heterocycles. The van der Waals surface area contributed by atoms with Gasteiger partial charge in [-0.2, -0.15) is 0 Å². The number of benzene rings is 1. The molecule has 0 heterocycles. The lowest BCUT2D eigenvalue weighted by Crippen LogP contribution is -2.14. The van der Waals surface area contributed by atoms with Crippen LogP contribution in [0.25, 0.3) is 0 Å². The molecule has 1 atom stereocenters. The van der Waals surface area contributed by atoms with Gasteiger partial charge in [0.1, 0.15) is 9.84 Å². The smallest absolute Gasteiger partial charge is 0.150 e. The van der Waals surface area contributed by atoms with Crippen molar-refractivity contribution in [3.63, 3.8) is 0 Å². The van der Waals surface area contributed by atoms with E-state index >= 15 is 0 Å². The van der Waals surface area contributed by atoms with Gasteiger partial charge in [0, 0.05) is 16.1 Å². The molecular formula is C13H18BrClO2S. The van der Waals surface area contributed by atoms with Crippen LogP contribution >= 0.6 is 27.5 Å². The Morgan fingerprint density at radius 3 is 2.33 bits per heavy atom. The van der Waals surface area contributed by atoms with Gasteiger partial charge in [-0.05, 0) is 36.5 Å². The van der Waals surface area contributed by atoms with Gasteiger partial charge < -0.3 is 0 Å². The van der Waals surface area contributed by atoms with Crippen molar-refractivity contribution >= 4 is 37.4 Å². The fraction of sp³-hybridized carbons (Fsp3) is 0.538. The highest BCUT2D eigenvalue weighted by Gasteiger charge is 2.16. The highest BCUT2D eigenvalue weighted by molar-refractivity contribution is 9.10. The van der Waals surface area contributed by atoms with Gasteiger partial charge in [-0.3, -0.25) is 0 Å². The zero-order chi connectivity index (χ0) is 13.6. The van der Waals surface area contributed by atoms with Crippen LogP contribution in [0.2, 0.25) is 0 Å². The fourth-order valence-corrected chi connectivity index (χ4v) is 3.87. The lowest BCUT2D eigenvalue weighted by Gasteiger charge is -2.14. The molecule has 1 aromatic carbocycles. The Hall–Kier alpha value is -0.0600. The van der Waals surface area contributed by atoms with E-state index in [9.17, 15) is 8.42 Å². The van der Waals surface area contributed by atoms with Gasteiger partial charge in [-0.1, -0.05) is 35.0 Å². The highest BCUT2D eigenvalue weighted by atomic mass is 79.9. The van der Waals surface area contributed by atoms with Crippen LogP contribution in [0.1, 0.15) is 31.2 Å². The van der Waals surface area contributed by atoms with Crippen molar-refractivity contribution in [2.24, 2.45) is 0 Å². The molecule has 0 spiro atoms. The maximum atomic E-state index is 11.7. The molecule has 1 aromatic rings. The summed E-state index contributed by atoms with van der Waals surface area (Å²) in [5.41, 5.74) is 1.10. The SMILES string of the molecule is CCCS(=O)(=O)CCC(CCl)c1ccc(Br)cc1. The standard InChI is InChI=1S/C13H18BrClO2S/c1-2-8-18(16,17)9-7-12(10-15)11-3-5-13(14)6-4-11/h3-6,12H,2,7-10H2,1H3. The summed E-state index contributed by atoms with van der Waals surface area (Å²) in [5, 5.41) is 0. The van der Waals surface area contributed by atoms with Crippen molar-refractivity contribution in [2.75, 3.05) is 17.4 Å². The topological polar surface area (TPSA) is 34.1 Å². The predicted molar refractivity (Wildman–Crippen MR) is 81.2 cm³/mol. The van der Waals surface area contributed by atoms with Crippen LogP contribution in [0.4, 0.5) is 0 Å². The van der Waals surface area contributed by atoms with Crippen molar-refractivity contribution in [3.8, 4) is 0 Å². The second kappa shape index (κ2) is 7.51. The van der Waals surface area contributed by atoms with E-state index in [-0.39, 0.29) is 17.4 Å². The van der Waals surface area contributed by atoms with E-state index in [4.69, 9.17) is 11.6 Å². The summed E-state index contributed by atoms with van der Waals surface area (Å²) in [6.45, 7) is 1.88. The van der Waals surface area contributed by atoms with Crippen LogP contribution in [0, 0.1) is 0 Å². The number of rotatable bonds is 7. The molecule has 0 saturated carbocycles. The van der Waals surface area contributed by atoms with Crippen LogP contribution in [-0.2, 0) is 9.84 Å². The molecule has 0 aromatic heterocycles. The molecule has 0 bridgehead atoms. The normalized spacial score (nSPS) is 13.5. The van der Waals surface area contributed by atoms with E-state index < -0.39 is 9.84 Å². The summed E-state index contributed by atoms with van der Waals surface area (Å²) in [7, 11) is -2.92. The Morgan fingerprint density at radius 2 is 1.83 bits per heavy atom. The van der Waals surface area contributed by atoms with Crippen LogP contribution in [0.15, 0.2) is 28.7 Å². The number of sulfone groups is 1. The average Bonchev–Trinajstić information content (AvgIpc) is 2.32. The zero-order valence-corrected chi connectivity index (χ0v) is 13.6. The third-order valence-corrected chi connectivity index (χ3v) is 5.61. The molecule has 0 aliphatic carbocycles. The van der Waals surface area contributed by atoms with Crippen LogP contribution in [0.3, 0.4) is 0 Å². The third-order valence-electron chi connectivity index (χ3n) is 2.82. The summed E-state index contributed by atoms with van der Waals surface area (Å²) >= 11 is 9.32. The molecule has 2 nitrogen and oxygen atoms in total. The van der Waals surface area contributed by atoms with Crippen molar-refractivity contribution in [2.45, 2.75) is 25.7 Å². The monoisotopic (exact) mass is 352 g/mol. The quantitative estimate of drug-likeness (QED) is 0.695. The molecule has 0 fully saturated rings. The minimum absolute atomic E-state index is 0.103. The molecule has 18 heavy (non-hydrogen) atoms. The minimum Gasteiger partial charge on any atom is -0.229 e. The van der Waals surface area contributed by atoms with E-state index in [0.29, 0.717) is 18.7 Å². The first-order valence-corrected chi connectivity index (χ1v) is 9.15. The summed E-state index contributed by atoms with van der Waals surface area (Å²) < 4.78 is 24.4. The van der Waals surface area contributed by atoms with Gasteiger partial charge in [0.05, 0.1) is 5.75 Å². The van der Waals surface area contributed by atoms with Crippen LogP contribution in [-0.4, -0.2) is 25.8 Å². The van der Waals surface area contributed by atoms with Gasteiger partial charge in [-0.25, -0.2) is 8.42 Å². The van der Waals surface area contributed by atoms with Gasteiger partial charge in [-0.15, -0.1) is 11.6 Å². The Balaban J connectivity index is 2.65. The maximum absolute atomic E-state index is 11.7. The summed E-state index contributed by atoms with van der Waals surface area (Å²) in [6.07, 6.45) is 1.26. The Morgan fingerprint density at radius 1 is 1.22 bits per heavy atom. The van der Waals surface area contributed by atoms with Gasteiger partial charge in [0.15, 0.2) is 0 Å². The highest BCUT2D eigenvalue weighted by Crippen LogP contribution is 2.24. The first-order valence-electron chi connectivity index (χ1n) is 6.00. The van der Waals surface area contributed by atoms with Crippen molar-refractivity contribution in [1.82, 2.24) is 0 Å². The average molecular weight is 354 g/mol. The molecule has 0 saturated heterocycles. The number of halogens is 2. The maximum Gasteiger partial charge on any atom is 0.150 e. The predicted octanol–water partition coefficient (Wildman–Crippen LogP) is 3.99. The lowest BCUT2D eigenvalue weighted by molar-refractivity contribution is 0.587. The lowest BCUT2D eigenvalue weighted by atomic mass is 9.99. The molecule has 5 heteroatoms. The minimum atomic E-state index is -2.92. The zero-order valence-electron chi connectivity index (χ0n) is 10.4. The van der Waals surface area contributed by atoms with E-state index in [1.54, 1.807) is 0 Å². The second-order valence-corrected chi connectivity index (χ2v) is 7.87. The summed E-state index contributed by atoms with van der Waals surface area (Å²) in [6, 6.07) is 7.89. The largest absolute Gasteiger partial charge is 0.229 e. The van der Waals surface area contributed by atoms with Crippen molar-refractivity contribution < 1.29 is 8.42 Å². The number of alkyl halides is 1. The number of hydrogen-bond donors (Lipinski definition) is 0. The fourth-order valence-electron chi connectivity index (χ4n) is 1.80. The first kappa shape index (κ1) is 16.0. The van der Waals surface area contributed by atoms with Gasteiger partial charge >= 0.3 is 0 Å². The molecular weight excluding hydrogens is 336 g/mol. The molecule has 0 aliphatic rings. The third kappa shape index (κ3) is 5.29. The van der Waals surface area contributed by atoms with Crippen LogP contribution in [0.5, 0.6) is 0 Å².